The average Bonchev–Trinajstić information content (AvgIpc) is 2.64. The Balaban J connectivity index is 1.49. The van der Waals surface area contributed by atoms with Crippen molar-refractivity contribution in [1.82, 2.24) is 10.3 Å². The summed E-state index contributed by atoms with van der Waals surface area (Å²) in [6.07, 6.45) is 3.57. The molecule has 3 aromatic rings. The van der Waals surface area contributed by atoms with Crippen molar-refractivity contribution in [3.63, 3.8) is 0 Å². The van der Waals surface area contributed by atoms with Crippen molar-refractivity contribution in [1.29, 1.82) is 0 Å². The Bertz CT molecular complexity index is 872. The van der Waals surface area contributed by atoms with Crippen LogP contribution in [0.1, 0.15) is 5.56 Å². The predicted molar refractivity (Wildman–Crippen MR) is 103 cm³/mol. The first-order valence-corrected chi connectivity index (χ1v) is 8.86. The van der Waals surface area contributed by atoms with Gasteiger partial charge in [-0.2, -0.15) is 0 Å². The maximum absolute atomic E-state index is 13.0. The Morgan fingerprint density at radius 2 is 1.77 bits per heavy atom. The van der Waals surface area contributed by atoms with Crippen LogP contribution in [0.3, 0.4) is 0 Å². The molecular weight excluding hydrogens is 374 g/mol. The molecule has 2 aromatic carbocycles. The second-order valence-corrected chi connectivity index (χ2v) is 6.53. The van der Waals surface area contributed by atoms with Crippen LogP contribution in [-0.4, -0.2) is 18.1 Å². The summed E-state index contributed by atoms with van der Waals surface area (Å²) in [5.74, 6) is 0.359. The zero-order chi connectivity index (χ0) is 18.4. The zero-order valence-corrected chi connectivity index (χ0v) is 15.4. The third kappa shape index (κ3) is 5.18. The number of pyridine rings is 1. The van der Waals surface area contributed by atoms with Gasteiger partial charge in [0.05, 0.1) is 5.02 Å². The van der Waals surface area contributed by atoms with Gasteiger partial charge in [-0.25, -0.2) is 4.39 Å². The van der Waals surface area contributed by atoms with E-state index in [4.69, 9.17) is 27.9 Å². The minimum absolute atomic E-state index is 0.250. The van der Waals surface area contributed by atoms with E-state index in [0.29, 0.717) is 35.5 Å². The standard InChI is InChI=1S/C20H17Cl2FN2O/c21-17-3-6-20(19(22)10-17)26-8-7-24-11-14-9-16(13-25-12-14)15-1-4-18(23)5-2-15/h1-6,9-10,12-13,24H,7-8,11H2. The minimum Gasteiger partial charge on any atom is -0.491 e. The normalized spacial score (nSPS) is 10.7. The Kier molecular flexibility index (Phi) is 6.45. The molecule has 0 saturated heterocycles. The van der Waals surface area contributed by atoms with Crippen LogP contribution in [0, 0.1) is 5.82 Å². The topological polar surface area (TPSA) is 34.2 Å². The van der Waals surface area contributed by atoms with E-state index in [1.165, 1.54) is 12.1 Å². The molecule has 26 heavy (non-hydrogen) atoms. The van der Waals surface area contributed by atoms with Gasteiger partial charge in [-0.05, 0) is 47.5 Å². The van der Waals surface area contributed by atoms with Gasteiger partial charge in [-0.1, -0.05) is 35.3 Å². The first-order valence-electron chi connectivity index (χ1n) is 8.10. The molecule has 0 bridgehead atoms. The van der Waals surface area contributed by atoms with Gasteiger partial charge in [0.25, 0.3) is 0 Å². The summed E-state index contributed by atoms with van der Waals surface area (Å²) in [5.41, 5.74) is 2.92. The largest absolute Gasteiger partial charge is 0.491 e. The van der Waals surface area contributed by atoms with Crippen LogP contribution in [0.2, 0.25) is 10.0 Å². The Morgan fingerprint density at radius 3 is 2.54 bits per heavy atom. The maximum Gasteiger partial charge on any atom is 0.138 e. The van der Waals surface area contributed by atoms with Crippen LogP contribution in [0.15, 0.2) is 60.9 Å². The summed E-state index contributed by atoms with van der Waals surface area (Å²) >= 11 is 11.9. The van der Waals surface area contributed by atoms with Crippen LogP contribution in [0.4, 0.5) is 4.39 Å². The molecule has 0 unspecified atom stereocenters. The molecule has 0 aliphatic carbocycles. The maximum atomic E-state index is 13.0. The molecule has 3 nitrogen and oxygen atoms in total. The fourth-order valence-electron chi connectivity index (χ4n) is 2.44. The highest BCUT2D eigenvalue weighted by molar-refractivity contribution is 6.35. The number of aromatic nitrogens is 1. The van der Waals surface area contributed by atoms with Gasteiger partial charge in [0.15, 0.2) is 0 Å². The number of halogens is 3. The molecule has 0 spiro atoms. The van der Waals surface area contributed by atoms with Crippen LogP contribution in [0.5, 0.6) is 5.75 Å². The van der Waals surface area contributed by atoms with Crippen molar-refractivity contribution < 1.29 is 9.13 Å². The summed E-state index contributed by atoms with van der Waals surface area (Å²) < 4.78 is 18.7. The average molecular weight is 391 g/mol. The zero-order valence-electron chi connectivity index (χ0n) is 13.9. The Labute approximate surface area is 161 Å². The molecule has 0 saturated carbocycles. The van der Waals surface area contributed by atoms with E-state index in [2.05, 4.69) is 10.3 Å². The predicted octanol–water partition coefficient (Wildman–Crippen LogP) is 5.36. The summed E-state index contributed by atoms with van der Waals surface area (Å²) in [6, 6.07) is 13.5. The van der Waals surface area contributed by atoms with Crippen LogP contribution in [-0.2, 0) is 6.54 Å². The molecule has 0 aliphatic rings. The number of benzene rings is 2. The van der Waals surface area contributed by atoms with Gasteiger partial charge in [0, 0.05) is 36.1 Å². The van der Waals surface area contributed by atoms with E-state index in [0.717, 1.165) is 16.7 Å². The van der Waals surface area contributed by atoms with E-state index in [-0.39, 0.29) is 5.82 Å². The van der Waals surface area contributed by atoms with Crippen LogP contribution < -0.4 is 10.1 Å². The summed E-state index contributed by atoms with van der Waals surface area (Å²) in [4.78, 5) is 4.25. The molecule has 1 aromatic heterocycles. The van der Waals surface area contributed by atoms with Gasteiger partial charge in [-0.3, -0.25) is 4.98 Å². The molecule has 0 aliphatic heterocycles. The smallest absolute Gasteiger partial charge is 0.138 e. The van der Waals surface area contributed by atoms with E-state index in [1.54, 1.807) is 42.7 Å². The highest BCUT2D eigenvalue weighted by Gasteiger charge is 2.03. The Hall–Kier alpha value is -2.14. The molecule has 0 atom stereocenters. The van der Waals surface area contributed by atoms with Gasteiger partial charge < -0.3 is 10.1 Å². The van der Waals surface area contributed by atoms with Crippen molar-refractivity contribution in [3.05, 3.63) is 82.4 Å². The number of ether oxygens (including phenoxy) is 1. The van der Waals surface area contributed by atoms with Gasteiger partial charge in [0.2, 0.25) is 0 Å². The quantitative estimate of drug-likeness (QED) is 0.551. The lowest BCUT2D eigenvalue weighted by Gasteiger charge is -2.10. The number of nitrogens with one attached hydrogen (secondary N) is 1. The molecule has 6 heteroatoms. The van der Waals surface area contributed by atoms with Crippen molar-refractivity contribution in [2.75, 3.05) is 13.2 Å². The molecule has 0 amide bonds. The van der Waals surface area contributed by atoms with Gasteiger partial charge in [-0.15, -0.1) is 0 Å². The van der Waals surface area contributed by atoms with Crippen molar-refractivity contribution in [3.8, 4) is 16.9 Å². The highest BCUT2D eigenvalue weighted by atomic mass is 35.5. The second kappa shape index (κ2) is 8.99. The summed E-state index contributed by atoms with van der Waals surface area (Å²) in [7, 11) is 0. The number of rotatable bonds is 7. The van der Waals surface area contributed by atoms with Crippen LogP contribution >= 0.6 is 23.2 Å². The summed E-state index contributed by atoms with van der Waals surface area (Å²) in [5, 5.41) is 4.37. The fourth-order valence-corrected chi connectivity index (χ4v) is 2.91. The third-order valence-electron chi connectivity index (χ3n) is 3.73. The van der Waals surface area contributed by atoms with Gasteiger partial charge in [0.1, 0.15) is 18.2 Å². The molecule has 3 rings (SSSR count). The van der Waals surface area contributed by atoms with Crippen molar-refractivity contribution in [2.45, 2.75) is 6.54 Å². The summed E-state index contributed by atoms with van der Waals surface area (Å²) in [6.45, 7) is 1.78. The molecule has 0 radical (unpaired) electrons. The first kappa shape index (κ1) is 18.6. The van der Waals surface area contributed by atoms with E-state index < -0.39 is 0 Å². The fraction of sp³-hybridized carbons (Fsp3) is 0.150. The highest BCUT2D eigenvalue weighted by Crippen LogP contribution is 2.27. The monoisotopic (exact) mass is 390 g/mol. The molecular formula is C20H17Cl2FN2O. The lowest BCUT2D eigenvalue weighted by atomic mass is 10.1. The number of hydrogen-bond donors (Lipinski definition) is 1. The number of hydrogen-bond acceptors (Lipinski definition) is 3. The number of nitrogens with zero attached hydrogens (tertiary/aromatic N) is 1. The second-order valence-electron chi connectivity index (χ2n) is 5.69. The third-order valence-corrected chi connectivity index (χ3v) is 4.26. The Morgan fingerprint density at radius 1 is 0.962 bits per heavy atom. The molecule has 0 fully saturated rings. The van der Waals surface area contributed by atoms with Gasteiger partial charge >= 0.3 is 0 Å². The molecule has 1 N–H and O–H groups in total. The van der Waals surface area contributed by atoms with E-state index >= 15 is 0 Å². The SMILES string of the molecule is Fc1ccc(-c2cncc(CNCCOc3ccc(Cl)cc3Cl)c2)cc1. The minimum atomic E-state index is -0.250. The lowest BCUT2D eigenvalue weighted by Crippen LogP contribution is -2.20. The lowest BCUT2D eigenvalue weighted by molar-refractivity contribution is 0.314. The van der Waals surface area contributed by atoms with Crippen LogP contribution in [0.25, 0.3) is 11.1 Å². The molecule has 134 valence electrons. The molecule has 1 heterocycles. The first-order chi connectivity index (χ1) is 12.6. The van der Waals surface area contributed by atoms with E-state index in [9.17, 15) is 4.39 Å². The van der Waals surface area contributed by atoms with Crippen molar-refractivity contribution in [2.24, 2.45) is 0 Å². The van der Waals surface area contributed by atoms with Crippen molar-refractivity contribution >= 4 is 23.2 Å². The van der Waals surface area contributed by atoms with E-state index in [1.807, 2.05) is 6.07 Å².